The van der Waals surface area contributed by atoms with E-state index in [4.69, 9.17) is 10.5 Å². The highest BCUT2D eigenvalue weighted by Gasteiger charge is 2.18. The van der Waals surface area contributed by atoms with Crippen LogP contribution in [0.2, 0.25) is 0 Å². The summed E-state index contributed by atoms with van der Waals surface area (Å²) in [5, 5.41) is 2.96. The van der Waals surface area contributed by atoms with Crippen molar-refractivity contribution in [3.8, 4) is 0 Å². The molecule has 1 amide bonds. The summed E-state index contributed by atoms with van der Waals surface area (Å²) in [6.45, 7) is 5.12. The molecule has 1 aliphatic rings. The standard InChI is InChI=1S/C13H21N3O2/c1-2-4-16-8-11(14)6-12(16)13(17)15-7-10-3-5-18-9-10/h6,8,10H,2-5,7,9,14H2,1H3,(H,15,17). The van der Waals surface area contributed by atoms with Gasteiger partial charge in [0.1, 0.15) is 5.69 Å². The molecular weight excluding hydrogens is 230 g/mol. The van der Waals surface area contributed by atoms with Gasteiger partial charge in [-0.1, -0.05) is 6.92 Å². The maximum atomic E-state index is 12.1. The molecule has 2 rings (SSSR count). The lowest BCUT2D eigenvalue weighted by Gasteiger charge is -2.11. The van der Waals surface area contributed by atoms with Gasteiger partial charge < -0.3 is 20.4 Å². The van der Waals surface area contributed by atoms with Crippen LogP contribution in [0.15, 0.2) is 12.3 Å². The van der Waals surface area contributed by atoms with E-state index >= 15 is 0 Å². The van der Waals surface area contributed by atoms with E-state index in [2.05, 4.69) is 12.2 Å². The van der Waals surface area contributed by atoms with Crippen LogP contribution < -0.4 is 11.1 Å². The average molecular weight is 251 g/mol. The summed E-state index contributed by atoms with van der Waals surface area (Å²) in [5.41, 5.74) is 7.03. The molecule has 0 saturated carbocycles. The summed E-state index contributed by atoms with van der Waals surface area (Å²) < 4.78 is 7.20. The lowest BCUT2D eigenvalue weighted by molar-refractivity contribution is 0.0935. The molecule has 2 heterocycles. The molecule has 0 aliphatic carbocycles. The second kappa shape index (κ2) is 5.91. The zero-order chi connectivity index (χ0) is 13.0. The van der Waals surface area contributed by atoms with E-state index in [1.807, 2.05) is 10.8 Å². The zero-order valence-corrected chi connectivity index (χ0v) is 10.8. The van der Waals surface area contributed by atoms with E-state index in [1.165, 1.54) is 0 Å². The Balaban J connectivity index is 1.94. The van der Waals surface area contributed by atoms with Crippen LogP contribution >= 0.6 is 0 Å². The van der Waals surface area contributed by atoms with Gasteiger partial charge in [-0.15, -0.1) is 0 Å². The quantitative estimate of drug-likeness (QED) is 0.827. The van der Waals surface area contributed by atoms with Crippen LogP contribution in [0.3, 0.4) is 0 Å². The minimum Gasteiger partial charge on any atom is -0.397 e. The Morgan fingerprint density at radius 1 is 1.67 bits per heavy atom. The Kier molecular flexibility index (Phi) is 4.25. The van der Waals surface area contributed by atoms with Crippen molar-refractivity contribution in [3.05, 3.63) is 18.0 Å². The molecular formula is C13H21N3O2. The van der Waals surface area contributed by atoms with Gasteiger partial charge in [-0.05, 0) is 18.9 Å². The fourth-order valence-electron chi connectivity index (χ4n) is 2.22. The summed E-state index contributed by atoms with van der Waals surface area (Å²) in [5.74, 6) is 0.396. The number of aromatic nitrogens is 1. The molecule has 5 nitrogen and oxygen atoms in total. The molecule has 0 radical (unpaired) electrons. The summed E-state index contributed by atoms with van der Waals surface area (Å²) >= 11 is 0. The van der Waals surface area contributed by atoms with Gasteiger partial charge in [0.05, 0.1) is 12.3 Å². The van der Waals surface area contributed by atoms with Gasteiger partial charge in [0.25, 0.3) is 5.91 Å². The molecule has 0 aromatic carbocycles. The van der Waals surface area contributed by atoms with Crippen LogP contribution in [0.25, 0.3) is 0 Å². The van der Waals surface area contributed by atoms with Gasteiger partial charge >= 0.3 is 0 Å². The van der Waals surface area contributed by atoms with E-state index in [-0.39, 0.29) is 5.91 Å². The van der Waals surface area contributed by atoms with E-state index in [1.54, 1.807) is 6.07 Å². The molecule has 100 valence electrons. The van der Waals surface area contributed by atoms with Crippen LogP contribution in [0.4, 0.5) is 5.69 Å². The maximum Gasteiger partial charge on any atom is 0.267 e. The first kappa shape index (κ1) is 13.0. The van der Waals surface area contributed by atoms with Crippen LogP contribution in [0.5, 0.6) is 0 Å². The molecule has 1 unspecified atom stereocenters. The lowest BCUT2D eigenvalue weighted by Crippen LogP contribution is -2.31. The van der Waals surface area contributed by atoms with Gasteiger partial charge in [-0.25, -0.2) is 0 Å². The van der Waals surface area contributed by atoms with E-state index < -0.39 is 0 Å². The third-order valence-electron chi connectivity index (χ3n) is 3.19. The molecule has 1 aromatic heterocycles. The van der Waals surface area contributed by atoms with Gasteiger partial charge in [-0.3, -0.25) is 4.79 Å². The zero-order valence-electron chi connectivity index (χ0n) is 10.8. The van der Waals surface area contributed by atoms with E-state index in [9.17, 15) is 4.79 Å². The van der Waals surface area contributed by atoms with Gasteiger partial charge in [0.15, 0.2) is 0 Å². The Labute approximate surface area is 107 Å². The largest absolute Gasteiger partial charge is 0.397 e. The number of nitrogens with zero attached hydrogens (tertiary/aromatic N) is 1. The number of amides is 1. The molecule has 3 N–H and O–H groups in total. The number of ether oxygens (including phenoxy) is 1. The third-order valence-corrected chi connectivity index (χ3v) is 3.19. The highest BCUT2D eigenvalue weighted by Crippen LogP contribution is 2.13. The van der Waals surface area contributed by atoms with E-state index in [0.29, 0.717) is 23.8 Å². The van der Waals surface area contributed by atoms with Crippen molar-refractivity contribution >= 4 is 11.6 Å². The lowest BCUT2D eigenvalue weighted by atomic mass is 10.1. The van der Waals surface area contributed by atoms with E-state index in [0.717, 1.165) is 32.6 Å². The van der Waals surface area contributed by atoms with Crippen molar-refractivity contribution < 1.29 is 9.53 Å². The number of hydrogen-bond donors (Lipinski definition) is 2. The SMILES string of the molecule is CCCn1cc(N)cc1C(=O)NCC1CCOC1. The van der Waals surface area contributed by atoms with Gasteiger partial charge in [0, 0.05) is 31.8 Å². The molecule has 1 atom stereocenters. The molecule has 0 spiro atoms. The molecule has 1 saturated heterocycles. The Bertz CT molecular complexity index is 408. The number of nitrogens with one attached hydrogen (secondary N) is 1. The molecule has 1 fully saturated rings. The third kappa shape index (κ3) is 3.04. The number of rotatable bonds is 5. The fraction of sp³-hybridized carbons (Fsp3) is 0.615. The first-order valence-corrected chi connectivity index (χ1v) is 6.52. The summed E-state index contributed by atoms with van der Waals surface area (Å²) in [4.78, 5) is 12.1. The minimum absolute atomic E-state index is 0.0490. The fourth-order valence-corrected chi connectivity index (χ4v) is 2.22. The van der Waals surface area contributed by atoms with Crippen molar-refractivity contribution in [2.75, 3.05) is 25.5 Å². The minimum atomic E-state index is -0.0490. The Morgan fingerprint density at radius 3 is 3.17 bits per heavy atom. The highest BCUT2D eigenvalue weighted by molar-refractivity contribution is 5.93. The number of carbonyl (C=O) groups is 1. The summed E-state index contributed by atoms with van der Waals surface area (Å²) in [7, 11) is 0. The number of nitrogens with two attached hydrogens (primary N) is 1. The Morgan fingerprint density at radius 2 is 2.50 bits per heavy atom. The Hall–Kier alpha value is -1.49. The second-order valence-electron chi connectivity index (χ2n) is 4.79. The van der Waals surface area contributed by atoms with Gasteiger partial charge in [-0.2, -0.15) is 0 Å². The number of hydrogen-bond acceptors (Lipinski definition) is 3. The normalized spacial score (nSPS) is 19.1. The van der Waals surface area contributed by atoms with Crippen LogP contribution in [0, 0.1) is 5.92 Å². The van der Waals surface area contributed by atoms with Crippen LogP contribution in [-0.4, -0.2) is 30.2 Å². The topological polar surface area (TPSA) is 69.3 Å². The predicted octanol–water partition coefficient (Wildman–Crippen LogP) is 1.25. The second-order valence-corrected chi connectivity index (χ2v) is 4.79. The number of aryl methyl sites for hydroxylation is 1. The average Bonchev–Trinajstić information content (AvgIpc) is 2.96. The van der Waals surface area contributed by atoms with Crippen LogP contribution in [-0.2, 0) is 11.3 Å². The summed E-state index contributed by atoms with van der Waals surface area (Å²) in [6.07, 6.45) is 3.82. The predicted molar refractivity (Wildman–Crippen MR) is 70.4 cm³/mol. The first-order chi connectivity index (χ1) is 8.70. The number of carbonyl (C=O) groups excluding carboxylic acids is 1. The van der Waals surface area contributed by atoms with Crippen molar-refractivity contribution in [1.29, 1.82) is 0 Å². The number of nitrogen functional groups attached to an aromatic ring is 1. The molecule has 1 aliphatic heterocycles. The number of anilines is 1. The smallest absolute Gasteiger partial charge is 0.267 e. The van der Waals surface area contributed by atoms with Crippen molar-refractivity contribution in [2.24, 2.45) is 5.92 Å². The van der Waals surface area contributed by atoms with Crippen molar-refractivity contribution in [1.82, 2.24) is 9.88 Å². The van der Waals surface area contributed by atoms with Crippen molar-refractivity contribution in [2.45, 2.75) is 26.3 Å². The maximum absolute atomic E-state index is 12.1. The molecule has 5 heteroatoms. The first-order valence-electron chi connectivity index (χ1n) is 6.52. The monoisotopic (exact) mass is 251 g/mol. The van der Waals surface area contributed by atoms with Crippen LogP contribution in [0.1, 0.15) is 30.3 Å². The summed E-state index contributed by atoms with van der Waals surface area (Å²) in [6, 6.07) is 1.73. The highest BCUT2D eigenvalue weighted by atomic mass is 16.5. The van der Waals surface area contributed by atoms with Crippen molar-refractivity contribution in [3.63, 3.8) is 0 Å². The molecule has 18 heavy (non-hydrogen) atoms. The molecule has 1 aromatic rings. The molecule has 0 bridgehead atoms. The van der Waals surface area contributed by atoms with Gasteiger partial charge in [0.2, 0.25) is 0 Å².